The largest absolute Gasteiger partial charge is 0.319 e. The van der Waals surface area contributed by atoms with E-state index in [0.717, 1.165) is 11.1 Å². The summed E-state index contributed by atoms with van der Waals surface area (Å²) in [4.78, 5) is 24.9. The number of rotatable bonds is 6. The van der Waals surface area contributed by atoms with E-state index < -0.39 is 4.92 Å². The van der Waals surface area contributed by atoms with Crippen LogP contribution in [0.3, 0.4) is 0 Å². The van der Waals surface area contributed by atoms with Crippen molar-refractivity contribution in [2.24, 2.45) is 0 Å². The first-order valence-corrected chi connectivity index (χ1v) is 8.06. The fourth-order valence-electron chi connectivity index (χ4n) is 2.60. The monoisotopic (exact) mass is 341 g/mol. The zero-order valence-corrected chi connectivity index (χ0v) is 15.0. The van der Waals surface area contributed by atoms with Crippen LogP contribution in [0, 0.1) is 30.9 Å². The van der Waals surface area contributed by atoms with Gasteiger partial charge in [0.25, 0.3) is 5.69 Å². The number of benzene rings is 2. The Bertz CT molecular complexity index is 785. The minimum Gasteiger partial charge on any atom is -0.319 e. The minimum absolute atomic E-state index is 0.0855. The van der Waals surface area contributed by atoms with Crippen LogP contribution < -0.4 is 5.32 Å². The lowest BCUT2D eigenvalue weighted by Crippen LogP contribution is -2.30. The number of carbonyl (C=O) groups is 1. The predicted octanol–water partition coefficient (Wildman–Crippen LogP) is 3.59. The van der Waals surface area contributed by atoms with Crippen LogP contribution in [0.2, 0.25) is 0 Å². The molecule has 0 unspecified atom stereocenters. The molecular formula is C19H23N3O3. The van der Waals surface area contributed by atoms with Gasteiger partial charge < -0.3 is 5.32 Å². The lowest BCUT2D eigenvalue weighted by atomic mass is 10.1. The summed E-state index contributed by atoms with van der Waals surface area (Å²) in [5.74, 6) is -0.272. The SMILES string of the molecule is Cc1ccc(CN(C)CC(=O)Nc2c([N+](=O)[O-])ccc(C)c2C)cc1. The summed E-state index contributed by atoms with van der Waals surface area (Å²) in [5, 5.41) is 13.9. The number of anilines is 1. The molecule has 0 bridgehead atoms. The molecule has 1 N–H and O–H groups in total. The highest BCUT2D eigenvalue weighted by atomic mass is 16.6. The van der Waals surface area contributed by atoms with Crippen LogP contribution in [-0.4, -0.2) is 29.3 Å². The quantitative estimate of drug-likeness (QED) is 0.643. The molecule has 0 saturated carbocycles. The van der Waals surface area contributed by atoms with Crippen molar-refractivity contribution in [2.45, 2.75) is 27.3 Å². The third kappa shape index (κ3) is 4.87. The zero-order chi connectivity index (χ0) is 18.6. The topological polar surface area (TPSA) is 75.5 Å². The van der Waals surface area contributed by atoms with Crippen LogP contribution in [0.25, 0.3) is 0 Å². The van der Waals surface area contributed by atoms with Crippen molar-refractivity contribution in [3.8, 4) is 0 Å². The smallest absolute Gasteiger partial charge is 0.293 e. The standard InChI is InChI=1S/C19H23N3O3/c1-13-5-8-16(9-6-13)11-21(4)12-18(23)20-19-15(3)14(2)7-10-17(19)22(24)25/h5-10H,11-12H2,1-4H3,(H,20,23). The van der Waals surface area contributed by atoms with E-state index in [2.05, 4.69) is 5.32 Å². The molecule has 0 saturated heterocycles. The van der Waals surface area contributed by atoms with E-state index in [-0.39, 0.29) is 23.8 Å². The second kappa shape index (κ2) is 7.90. The molecule has 0 radical (unpaired) electrons. The van der Waals surface area contributed by atoms with Gasteiger partial charge in [0, 0.05) is 12.6 Å². The Balaban J connectivity index is 2.06. The van der Waals surface area contributed by atoms with E-state index >= 15 is 0 Å². The second-order valence-corrected chi connectivity index (χ2v) is 6.36. The van der Waals surface area contributed by atoms with E-state index in [1.807, 2.05) is 50.1 Å². The lowest BCUT2D eigenvalue weighted by Gasteiger charge is -2.17. The summed E-state index contributed by atoms with van der Waals surface area (Å²) in [6.07, 6.45) is 0. The summed E-state index contributed by atoms with van der Waals surface area (Å²) >= 11 is 0. The number of nitro benzene ring substituents is 1. The van der Waals surface area contributed by atoms with Gasteiger partial charge in [0.1, 0.15) is 5.69 Å². The molecular weight excluding hydrogens is 318 g/mol. The number of nitrogens with zero attached hydrogens (tertiary/aromatic N) is 2. The summed E-state index contributed by atoms with van der Waals surface area (Å²) in [6.45, 7) is 6.44. The molecule has 2 aromatic rings. The van der Waals surface area contributed by atoms with Crippen LogP contribution in [0.4, 0.5) is 11.4 Å². The van der Waals surface area contributed by atoms with Crippen LogP contribution in [-0.2, 0) is 11.3 Å². The lowest BCUT2D eigenvalue weighted by molar-refractivity contribution is -0.384. The van der Waals surface area contributed by atoms with E-state index in [1.54, 1.807) is 13.0 Å². The number of hydrogen-bond donors (Lipinski definition) is 1. The van der Waals surface area contributed by atoms with Crippen molar-refractivity contribution < 1.29 is 9.72 Å². The van der Waals surface area contributed by atoms with Crippen molar-refractivity contribution >= 4 is 17.3 Å². The molecule has 0 aliphatic carbocycles. The predicted molar refractivity (Wildman–Crippen MR) is 98.7 cm³/mol. The first-order valence-electron chi connectivity index (χ1n) is 8.06. The molecule has 0 aliphatic heterocycles. The summed E-state index contributed by atoms with van der Waals surface area (Å²) < 4.78 is 0. The van der Waals surface area contributed by atoms with Gasteiger partial charge in [-0.05, 0) is 44.5 Å². The van der Waals surface area contributed by atoms with E-state index in [0.29, 0.717) is 12.1 Å². The van der Waals surface area contributed by atoms with Crippen LogP contribution >= 0.6 is 0 Å². The Hall–Kier alpha value is -2.73. The molecule has 1 amide bonds. The fourth-order valence-corrected chi connectivity index (χ4v) is 2.60. The fraction of sp³-hybridized carbons (Fsp3) is 0.316. The highest BCUT2D eigenvalue weighted by Gasteiger charge is 2.19. The van der Waals surface area contributed by atoms with Gasteiger partial charge in [-0.15, -0.1) is 0 Å². The normalized spacial score (nSPS) is 10.8. The van der Waals surface area contributed by atoms with Crippen molar-refractivity contribution in [3.63, 3.8) is 0 Å². The van der Waals surface area contributed by atoms with Crippen molar-refractivity contribution in [1.29, 1.82) is 0 Å². The average Bonchev–Trinajstić information content (AvgIpc) is 2.53. The second-order valence-electron chi connectivity index (χ2n) is 6.36. The molecule has 6 heteroatoms. The molecule has 0 heterocycles. The Morgan fingerprint density at radius 2 is 1.76 bits per heavy atom. The molecule has 132 valence electrons. The van der Waals surface area contributed by atoms with Crippen LogP contribution in [0.15, 0.2) is 36.4 Å². The average molecular weight is 341 g/mol. The summed E-state index contributed by atoms with van der Waals surface area (Å²) in [5.41, 5.74) is 4.10. The molecule has 0 aromatic heterocycles. The molecule has 0 atom stereocenters. The summed E-state index contributed by atoms with van der Waals surface area (Å²) in [6, 6.07) is 11.2. The number of carbonyl (C=O) groups excluding carboxylic acids is 1. The Morgan fingerprint density at radius 3 is 2.36 bits per heavy atom. The number of nitrogens with one attached hydrogen (secondary N) is 1. The third-order valence-electron chi connectivity index (χ3n) is 4.16. The van der Waals surface area contributed by atoms with Gasteiger partial charge in [0.2, 0.25) is 5.91 Å². The molecule has 2 aromatic carbocycles. The number of aryl methyl sites for hydroxylation is 2. The maximum atomic E-state index is 12.3. The van der Waals surface area contributed by atoms with Gasteiger partial charge in [-0.2, -0.15) is 0 Å². The number of amides is 1. The third-order valence-corrected chi connectivity index (χ3v) is 4.16. The van der Waals surface area contributed by atoms with Gasteiger partial charge in [-0.25, -0.2) is 0 Å². The van der Waals surface area contributed by atoms with Gasteiger partial charge in [0.15, 0.2) is 0 Å². The highest BCUT2D eigenvalue weighted by Crippen LogP contribution is 2.30. The van der Waals surface area contributed by atoms with Gasteiger partial charge in [-0.3, -0.25) is 19.8 Å². The number of hydrogen-bond acceptors (Lipinski definition) is 4. The Labute approximate surface area is 147 Å². The molecule has 6 nitrogen and oxygen atoms in total. The van der Waals surface area contributed by atoms with Crippen LogP contribution in [0.5, 0.6) is 0 Å². The van der Waals surface area contributed by atoms with Crippen molar-refractivity contribution in [3.05, 3.63) is 68.8 Å². The van der Waals surface area contributed by atoms with E-state index in [1.165, 1.54) is 11.6 Å². The molecule has 0 spiro atoms. The van der Waals surface area contributed by atoms with E-state index in [4.69, 9.17) is 0 Å². The Morgan fingerprint density at radius 1 is 1.12 bits per heavy atom. The maximum Gasteiger partial charge on any atom is 0.293 e. The molecule has 0 aliphatic rings. The number of likely N-dealkylation sites (N-methyl/N-ethyl adjacent to an activating group) is 1. The van der Waals surface area contributed by atoms with Crippen molar-refractivity contribution in [2.75, 3.05) is 18.9 Å². The first kappa shape index (κ1) is 18.6. The van der Waals surface area contributed by atoms with Gasteiger partial charge in [-0.1, -0.05) is 35.9 Å². The number of nitro groups is 1. The maximum absolute atomic E-state index is 12.3. The van der Waals surface area contributed by atoms with Gasteiger partial charge >= 0.3 is 0 Å². The molecule has 25 heavy (non-hydrogen) atoms. The minimum atomic E-state index is -0.474. The van der Waals surface area contributed by atoms with Crippen molar-refractivity contribution in [1.82, 2.24) is 4.90 Å². The summed E-state index contributed by atoms with van der Waals surface area (Å²) in [7, 11) is 1.84. The first-order chi connectivity index (χ1) is 11.8. The van der Waals surface area contributed by atoms with Crippen LogP contribution in [0.1, 0.15) is 22.3 Å². The molecule has 0 fully saturated rings. The van der Waals surface area contributed by atoms with E-state index in [9.17, 15) is 14.9 Å². The Kier molecular flexibility index (Phi) is 5.88. The van der Waals surface area contributed by atoms with Gasteiger partial charge in [0.05, 0.1) is 11.5 Å². The zero-order valence-electron chi connectivity index (χ0n) is 15.0. The molecule has 2 rings (SSSR count). The highest BCUT2D eigenvalue weighted by molar-refractivity contribution is 5.95.